The Kier molecular flexibility index (Phi) is 1.89. The van der Waals surface area contributed by atoms with Crippen LogP contribution in [0.25, 0.3) is 0 Å². The summed E-state index contributed by atoms with van der Waals surface area (Å²) in [4.78, 5) is 0. The molecule has 0 saturated heterocycles. The van der Waals surface area contributed by atoms with Gasteiger partial charge in [-0.15, -0.1) is 0 Å². The molecule has 1 nitrogen and oxygen atoms in total. The van der Waals surface area contributed by atoms with E-state index >= 15 is 0 Å². The van der Waals surface area contributed by atoms with E-state index in [2.05, 4.69) is 37.3 Å². The van der Waals surface area contributed by atoms with Gasteiger partial charge in [-0.3, -0.25) is 0 Å². The lowest BCUT2D eigenvalue weighted by Crippen LogP contribution is -2.17. The maximum Gasteiger partial charge on any atom is 0.00448 e. The summed E-state index contributed by atoms with van der Waals surface area (Å²) >= 11 is 0. The smallest absolute Gasteiger partial charge is 0.00448 e. The van der Waals surface area contributed by atoms with E-state index < -0.39 is 0 Å². The summed E-state index contributed by atoms with van der Waals surface area (Å²) in [5.74, 6) is 1.47. The van der Waals surface area contributed by atoms with Gasteiger partial charge in [0, 0.05) is 6.04 Å². The van der Waals surface area contributed by atoms with Crippen LogP contribution in [0.15, 0.2) is 30.3 Å². The fourth-order valence-electron chi connectivity index (χ4n) is 1.88. The van der Waals surface area contributed by atoms with Crippen LogP contribution in [-0.2, 0) is 0 Å². The van der Waals surface area contributed by atoms with Gasteiger partial charge in [0.05, 0.1) is 0 Å². The largest absolute Gasteiger partial charge is 0.328 e. The zero-order chi connectivity index (χ0) is 8.55. The molecule has 2 N–H and O–H groups in total. The lowest BCUT2D eigenvalue weighted by Gasteiger charge is -2.02. The minimum atomic E-state index is 0.357. The number of hydrogen-bond acceptors (Lipinski definition) is 1. The molecule has 0 bridgehead atoms. The van der Waals surface area contributed by atoms with Gasteiger partial charge < -0.3 is 5.73 Å². The highest BCUT2D eigenvalue weighted by atomic mass is 14.7. The van der Waals surface area contributed by atoms with Crippen molar-refractivity contribution in [2.24, 2.45) is 11.7 Å². The van der Waals surface area contributed by atoms with E-state index in [4.69, 9.17) is 5.73 Å². The molecule has 64 valence electrons. The highest BCUT2D eigenvalue weighted by Crippen LogP contribution is 2.48. The molecule has 0 spiro atoms. The Labute approximate surface area is 73.6 Å². The first-order valence-corrected chi connectivity index (χ1v) is 4.59. The summed E-state index contributed by atoms with van der Waals surface area (Å²) < 4.78 is 0. The predicted octanol–water partition coefficient (Wildman–Crippen LogP) is 2.14. The molecule has 0 aromatic heterocycles. The van der Waals surface area contributed by atoms with E-state index in [0.29, 0.717) is 6.04 Å². The van der Waals surface area contributed by atoms with Gasteiger partial charge in [-0.2, -0.15) is 0 Å². The molecule has 1 fully saturated rings. The van der Waals surface area contributed by atoms with Crippen molar-refractivity contribution in [2.45, 2.75) is 25.3 Å². The molecule has 2 rings (SSSR count). The van der Waals surface area contributed by atoms with Crippen molar-refractivity contribution in [1.82, 2.24) is 0 Å². The first-order chi connectivity index (χ1) is 5.79. The lowest BCUT2D eigenvalue weighted by molar-refractivity contribution is 0.631. The highest BCUT2D eigenvalue weighted by molar-refractivity contribution is 5.26. The van der Waals surface area contributed by atoms with E-state index in [-0.39, 0.29) is 0 Å². The Hall–Kier alpha value is -0.820. The van der Waals surface area contributed by atoms with Gasteiger partial charge in [0.15, 0.2) is 0 Å². The fourth-order valence-corrected chi connectivity index (χ4v) is 1.88. The molecule has 0 radical (unpaired) electrons. The van der Waals surface area contributed by atoms with Gasteiger partial charge >= 0.3 is 0 Å². The Bertz CT molecular complexity index is 253. The number of nitrogens with two attached hydrogens (primary N) is 1. The van der Waals surface area contributed by atoms with Gasteiger partial charge in [-0.05, 0) is 30.7 Å². The second kappa shape index (κ2) is 2.91. The van der Waals surface area contributed by atoms with Crippen LogP contribution in [0.3, 0.4) is 0 Å². The van der Waals surface area contributed by atoms with Gasteiger partial charge in [0.2, 0.25) is 0 Å². The normalized spacial score (nSPS) is 29.8. The minimum Gasteiger partial charge on any atom is -0.328 e. The monoisotopic (exact) mass is 161 g/mol. The van der Waals surface area contributed by atoms with Crippen LogP contribution >= 0.6 is 0 Å². The van der Waals surface area contributed by atoms with Crippen LogP contribution in [0.4, 0.5) is 0 Å². The molecule has 3 atom stereocenters. The molecular formula is C11H15N. The van der Waals surface area contributed by atoms with Crippen LogP contribution in [0, 0.1) is 5.92 Å². The SMILES string of the molecule is C[C@@H](N)[C@@H]1C[C@H]1c1ccccc1. The maximum absolute atomic E-state index is 5.83. The van der Waals surface area contributed by atoms with Crippen molar-refractivity contribution in [3.63, 3.8) is 0 Å². The Morgan fingerprint density at radius 2 is 2.00 bits per heavy atom. The van der Waals surface area contributed by atoms with Crippen molar-refractivity contribution >= 4 is 0 Å². The van der Waals surface area contributed by atoms with Crippen LogP contribution in [0.5, 0.6) is 0 Å². The molecule has 0 heterocycles. The van der Waals surface area contributed by atoms with E-state index in [1.165, 1.54) is 12.0 Å². The standard InChI is InChI=1S/C11H15N/c1-8(12)10-7-11(10)9-5-3-2-4-6-9/h2-6,8,10-11H,7,12H2,1H3/t8-,10+,11+/m1/s1. The molecular weight excluding hydrogens is 146 g/mol. The minimum absolute atomic E-state index is 0.357. The van der Waals surface area contributed by atoms with Gasteiger partial charge in [-0.1, -0.05) is 30.3 Å². The predicted molar refractivity (Wildman–Crippen MR) is 50.9 cm³/mol. The van der Waals surface area contributed by atoms with E-state index in [0.717, 1.165) is 11.8 Å². The molecule has 0 aliphatic heterocycles. The number of benzene rings is 1. The van der Waals surface area contributed by atoms with Crippen LogP contribution in [0.2, 0.25) is 0 Å². The van der Waals surface area contributed by atoms with Crippen molar-refractivity contribution in [1.29, 1.82) is 0 Å². The summed E-state index contributed by atoms with van der Waals surface area (Å²) in [6.45, 7) is 2.10. The molecule has 1 aromatic rings. The Morgan fingerprint density at radius 3 is 2.50 bits per heavy atom. The second-order valence-electron chi connectivity index (χ2n) is 3.78. The molecule has 1 heteroatoms. The van der Waals surface area contributed by atoms with Crippen molar-refractivity contribution < 1.29 is 0 Å². The highest BCUT2D eigenvalue weighted by Gasteiger charge is 2.40. The molecule has 1 aliphatic carbocycles. The summed E-state index contributed by atoms with van der Waals surface area (Å²) in [7, 11) is 0. The van der Waals surface area contributed by atoms with Crippen LogP contribution in [0.1, 0.15) is 24.8 Å². The van der Waals surface area contributed by atoms with Crippen molar-refractivity contribution in [2.75, 3.05) is 0 Å². The third-order valence-electron chi connectivity index (χ3n) is 2.74. The fraction of sp³-hybridized carbons (Fsp3) is 0.455. The summed E-state index contributed by atoms with van der Waals surface area (Å²) in [5.41, 5.74) is 7.28. The number of hydrogen-bond donors (Lipinski definition) is 1. The van der Waals surface area contributed by atoms with E-state index in [9.17, 15) is 0 Å². The van der Waals surface area contributed by atoms with Crippen molar-refractivity contribution in [3.8, 4) is 0 Å². The van der Waals surface area contributed by atoms with Crippen LogP contribution in [-0.4, -0.2) is 6.04 Å². The summed E-state index contributed by atoms with van der Waals surface area (Å²) in [6, 6.07) is 11.0. The molecule has 1 aromatic carbocycles. The number of rotatable bonds is 2. The first kappa shape index (κ1) is 7.81. The molecule has 0 unspecified atom stereocenters. The Balaban J connectivity index is 2.06. The average Bonchev–Trinajstić information content (AvgIpc) is 2.84. The van der Waals surface area contributed by atoms with Gasteiger partial charge in [0.25, 0.3) is 0 Å². The maximum atomic E-state index is 5.83. The van der Waals surface area contributed by atoms with Crippen LogP contribution < -0.4 is 5.73 Å². The second-order valence-corrected chi connectivity index (χ2v) is 3.78. The van der Waals surface area contributed by atoms with E-state index in [1.807, 2.05) is 0 Å². The van der Waals surface area contributed by atoms with Crippen molar-refractivity contribution in [3.05, 3.63) is 35.9 Å². The summed E-state index contributed by atoms with van der Waals surface area (Å²) in [5, 5.41) is 0. The molecule has 0 amide bonds. The lowest BCUT2D eigenvalue weighted by atomic mass is 10.1. The third-order valence-corrected chi connectivity index (χ3v) is 2.74. The zero-order valence-corrected chi connectivity index (χ0v) is 7.40. The van der Waals surface area contributed by atoms with E-state index in [1.54, 1.807) is 0 Å². The zero-order valence-electron chi connectivity index (χ0n) is 7.40. The van der Waals surface area contributed by atoms with Gasteiger partial charge in [0.1, 0.15) is 0 Å². The molecule has 1 aliphatic rings. The average molecular weight is 161 g/mol. The summed E-state index contributed by atoms with van der Waals surface area (Å²) in [6.07, 6.45) is 1.28. The third kappa shape index (κ3) is 1.37. The Morgan fingerprint density at radius 1 is 1.33 bits per heavy atom. The quantitative estimate of drug-likeness (QED) is 0.706. The molecule has 12 heavy (non-hydrogen) atoms. The first-order valence-electron chi connectivity index (χ1n) is 4.59. The topological polar surface area (TPSA) is 26.0 Å². The molecule has 1 saturated carbocycles. The van der Waals surface area contributed by atoms with Gasteiger partial charge in [-0.25, -0.2) is 0 Å².